The smallest absolute Gasteiger partial charge is 0.225 e. The van der Waals surface area contributed by atoms with Gasteiger partial charge in [0, 0.05) is 12.1 Å². The molecule has 3 unspecified atom stereocenters. The molecule has 0 saturated heterocycles. The number of aliphatic hydroxyl groups excluding tert-OH is 1. The highest BCUT2D eigenvalue weighted by Crippen LogP contribution is 2.39. The first kappa shape index (κ1) is 21.1. The first-order valence-electron chi connectivity index (χ1n) is 8.72. The number of fused-ring (bicyclic) bond motifs is 1. The van der Waals surface area contributed by atoms with Crippen LogP contribution in [-0.2, 0) is 4.79 Å². The van der Waals surface area contributed by atoms with E-state index in [1.165, 1.54) is 0 Å². The molecule has 2 aliphatic rings. The minimum absolute atomic E-state index is 0. The molecule has 1 aromatic carbocycles. The van der Waals surface area contributed by atoms with E-state index < -0.39 is 11.6 Å². The predicted molar refractivity (Wildman–Crippen MR) is 102 cm³/mol. The van der Waals surface area contributed by atoms with Crippen LogP contribution in [0.1, 0.15) is 44.3 Å². The summed E-state index contributed by atoms with van der Waals surface area (Å²) in [5, 5.41) is 13.6. The summed E-state index contributed by atoms with van der Waals surface area (Å²) >= 11 is 6.19. The Morgan fingerprint density at radius 3 is 2.88 bits per heavy atom. The molecular formula is C18H26Cl2N2O4. The third-order valence-electron chi connectivity index (χ3n) is 5.04. The first-order chi connectivity index (χ1) is 11.9. The van der Waals surface area contributed by atoms with Crippen molar-refractivity contribution in [2.45, 2.75) is 44.2 Å². The van der Waals surface area contributed by atoms with Crippen LogP contribution in [0.5, 0.6) is 11.5 Å². The molecule has 8 heteroatoms. The molecule has 1 aliphatic heterocycles. The molecule has 3 rings (SSSR count). The van der Waals surface area contributed by atoms with E-state index in [2.05, 4.69) is 5.32 Å². The quantitative estimate of drug-likeness (QED) is 0.716. The summed E-state index contributed by atoms with van der Waals surface area (Å²) in [7, 11) is 0. The fourth-order valence-electron chi connectivity index (χ4n) is 3.55. The van der Waals surface area contributed by atoms with Gasteiger partial charge in [-0.25, -0.2) is 0 Å². The van der Waals surface area contributed by atoms with Crippen molar-refractivity contribution >= 4 is 29.9 Å². The van der Waals surface area contributed by atoms with E-state index in [-0.39, 0.29) is 30.8 Å². The van der Waals surface area contributed by atoms with Crippen LogP contribution in [0.4, 0.5) is 0 Å². The predicted octanol–water partition coefficient (Wildman–Crippen LogP) is 2.59. The van der Waals surface area contributed by atoms with Gasteiger partial charge in [-0.1, -0.05) is 24.4 Å². The van der Waals surface area contributed by atoms with Crippen LogP contribution in [0.15, 0.2) is 12.1 Å². The molecule has 0 bridgehead atoms. The maximum absolute atomic E-state index is 12.5. The highest BCUT2D eigenvalue weighted by molar-refractivity contribution is 6.32. The minimum atomic E-state index is -0.884. The van der Waals surface area contributed by atoms with Gasteiger partial charge in [0.25, 0.3) is 0 Å². The topological polar surface area (TPSA) is 93.8 Å². The SMILES string of the molecule is CC1(N)CCCCC1C(=O)NCC(O)c1cc(Cl)c2c(c1)OCCO2.Cl. The summed E-state index contributed by atoms with van der Waals surface area (Å²) < 4.78 is 11.0. The number of carbonyl (C=O) groups excluding carboxylic acids is 1. The molecule has 0 aromatic heterocycles. The number of amides is 1. The van der Waals surface area contributed by atoms with Gasteiger partial charge in [0.15, 0.2) is 11.5 Å². The van der Waals surface area contributed by atoms with Gasteiger partial charge < -0.3 is 25.6 Å². The number of ether oxygens (including phenoxy) is 2. The van der Waals surface area contributed by atoms with Crippen molar-refractivity contribution in [1.82, 2.24) is 5.32 Å². The van der Waals surface area contributed by atoms with E-state index in [1.807, 2.05) is 6.92 Å². The van der Waals surface area contributed by atoms with E-state index >= 15 is 0 Å². The summed E-state index contributed by atoms with van der Waals surface area (Å²) in [5.74, 6) is 0.680. The summed E-state index contributed by atoms with van der Waals surface area (Å²) in [4.78, 5) is 12.5. The van der Waals surface area contributed by atoms with E-state index in [9.17, 15) is 9.90 Å². The zero-order valence-corrected chi connectivity index (χ0v) is 16.4. The van der Waals surface area contributed by atoms with Crippen LogP contribution in [0.2, 0.25) is 5.02 Å². The molecule has 0 radical (unpaired) electrons. The number of carbonyl (C=O) groups is 1. The Morgan fingerprint density at radius 1 is 1.42 bits per heavy atom. The lowest BCUT2D eigenvalue weighted by atomic mass is 9.74. The van der Waals surface area contributed by atoms with Crippen molar-refractivity contribution in [2.24, 2.45) is 11.7 Å². The second-order valence-electron chi connectivity index (χ2n) is 7.09. The van der Waals surface area contributed by atoms with Gasteiger partial charge in [0.05, 0.1) is 17.0 Å². The molecule has 1 aliphatic carbocycles. The number of rotatable bonds is 4. The number of hydrogen-bond donors (Lipinski definition) is 3. The van der Waals surface area contributed by atoms with Crippen LogP contribution in [0.25, 0.3) is 0 Å². The zero-order valence-electron chi connectivity index (χ0n) is 14.8. The van der Waals surface area contributed by atoms with Crippen molar-refractivity contribution in [2.75, 3.05) is 19.8 Å². The number of aliphatic hydroxyl groups is 1. The summed E-state index contributed by atoms with van der Waals surface area (Å²) in [6, 6.07) is 3.34. The minimum Gasteiger partial charge on any atom is -0.486 e. The monoisotopic (exact) mass is 404 g/mol. The number of hydrogen-bond acceptors (Lipinski definition) is 5. The van der Waals surface area contributed by atoms with Gasteiger partial charge in [0.1, 0.15) is 13.2 Å². The lowest BCUT2D eigenvalue weighted by Crippen LogP contribution is -2.53. The lowest BCUT2D eigenvalue weighted by molar-refractivity contribution is -0.128. The fourth-order valence-corrected chi connectivity index (χ4v) is 3.82. The Hall–Kier alpha value is -1.21. The van der Waals surface area contributed by atoms with Crippen molar-refractivity contribution in [3.05, 3.63) is 22.7 Å². The Balaban J connectivity index is 0.00000243. The van der Waals surface area contributed by atoms with Gasteiger partial charge in [0.2, 0.25) is 5.91 Å². The molecule has 146 valence electrons. The average Bonchev–Trinajstić information content (AvgIpc) is 2.59. The number of nitrogens with one attached hydrogen (secondary N) is 1. The first-order valence-corrected chi connectivity index (χ1v) is 9.10. The molecule has 1 aromatic rings. The fraction of sp³-hybridized carbons (Fsp3) is 0.611. The third-order valence-corrected chi connectivity index (χ3v) is 5.33. The molecule has 4 N–H and O–H groups in total. The molecule has 6 nitrogen and oxygen atoms in total. The van der Waals surface area contributed by atoms with Gasteiger partial charge in [-0.3, -0.25) is 4.79 Å². The standard InChI is InChI=1S/C18H25ClN2O4.ClH/c1-18(20)5-3-2-4-12(18)17(23)21-10-14(22)11-8-13(19)16-15(9-11)24-6-7-25-16;/h8-9,12,14,22H,2-7,10,20H2,1H3,(H,21,23);1H. The van der Waals surface area contributed by atoms with E-state index in [4.69, 9.17) is 26.8 Å². The summed E-state index contributed by atoms with van der Waals surface area (Å²) in [6.07, 6.45) is 2.79. The highest BCUT2D eigenvalue weighted by Gasteiger charge is 2.37. The van der Waals surface area contributed by atoms with E-state index in [0.717, 1.165) is 25.7 Å². The summed E-state index contributed by atoms with van der Waals surface area (Å²) in [5.41, 5.74) is 6.35. The Labute approximate surface area is 164 Å². The van der Waals surface area contributed by atoms with E-state index in [1.54, 1.807) is 12.1 Å². The van der Waals surface area contributed by atoms with E-state index in [0.29, 0.717) is 35.3 Å². The molecule has 26 heavy (non-hydrogen) atoms. The van der Waals surface area contributed by atoms with Gasteiger partial charge in [-0.2, -0.15) is 0 Å². The maximum Gasteiger partial charge on any atom is 0.225 e. The largest absolute Gasteiger partial charge is 0.486 e. The highest BCUT2D eigenvalue weighted by atomic mass is 35.5. The normalized spacial score (nSPS) is 25.8. The zero-order chi connectivity index (χ0) is 18.0. The van der Waals surface area contributed by atoms with Crippen LogP contribution in [0, 0.1) is 5.92 Å². The molecule has 1 saturated carbocycles. The van der Waals surface area contributed by atoms with Crippen molar-refractivity contribution in [3.8, 4) is 11.5 Å². The second-order valence-corrected chi connectivity index (χ2v) is 7.50. The summed E-state index contributed by atoms with van der Waals surface area (Å²) in [6.45, 7) is 2.91. The number of halogens is 2. The van der Waals surface area contributed by atoms with Crippen molar-refractivity contribution in [1.29, 1.82) is 0 Å². The Bertz CT molecular complexity index is 654. The van der Waals surface area contributed by atoms with Crippen LogP contribution >= 0.6 is 24.0 Å². The average molecular weight is 405 g/mol. The van der Waals surface area contributed by atoms with Crippen LogP contribution in [0.3, 0.4) is 0 Å². The second kappa shape index (κ2) is 8.65. The van der Waals surface area contributed by atoms with Gasteiger partial charge in [-0.05, 0) is 37.5 Å². The van der Waals surface area contributed by atoms with Crippen LogP contribution < -0.4 is 20.5 Å². The molecular weight excluding hydrogens is 379 g/mol. The van der Waals surface area contributed by atoms with Crippen LogP contribution in [-0.4, -0.2) is 36.3 Å². The molecule has 3 atom stereocenters. The van der Waals surface area contributed by atoms with Crippen molar-refractivity contribution in [3.63, 3.8) is 0 Å². The molecule has 1 heterocycles. The molecule has 1 amide bonds. The molecule has 1 fully saturated rings. The Morgan fingerprint density at radius 2 is 2.15 bits per heavy atom. The third kappa shape index (κ3) is 4.55. The van der Waals surface area contributed by atoms with Crippen molar-refractivity contribution < 1.29 is 19.4 Å². The number of nitrogens with two attached hydrogens (primary N) is 1. The van der Waals surface area contributed by atoms with Gasteiger partial charge in [-0.15, -0.1) is 12.4 Å². The van der Waals surface area contributed by atoms with Gasteiger partial charge >= 0.3 is 0 Å². The maximum atomic E-state index is 12.5. The number of benzene rings is 1. The molecule has 0 spiro atoms. The lowest BCUT2D eigenvalue weighted by Gasteiger charge is -2.37. The Kier molecular flexibility index (Phi) is 7.02.